The van der Waals surface area contributed by atoms with Gasteiger partial charge in [0.2, 0.25) is 0 Å². The summed E-state index contributed by atoms with van der Waals surface area (Å²) in [4.78, 5) is 12.7. The fourth-order valence-corrected chi connectivity index (χ4v) is 3.92. The first-order valence-electron chi connectivity index (χ1n) is 7.60. The van der Waals surface area contributed by atoms with Gasteiger partial charge in [0.05, 0.1) is 11.6 Å². The molecule has 1 aromatic rings. The van der Waals surface area contributed by atoms with E-state index in [0.717, 1.165) is 39.8 Å². The molecule has 1 aliphatic carbocycles. The molecule has 0 fully saturated rings. The zero-order valence-electron chi connectivity index (χ0n) is 13.8. The van der Waals surface area contributed by atoms with Gasteiger partial charge in [-0.25, -0.2) is 0 Å². The maximum absolute atomic E-state index is 12.7. The van der Waals surface area contributed by atoms with Gasteiger partial charge in [0.25, 0.3) is 0 Å². The summed E-state index contributed by atoms with van der Waals surface area (Å²) < 4.78 is 6.59. The van der Waals surface area contributed by atoms with Crippen LogP contribution in [-0.2, 0) is 11.8 Å². The summed E-state index contributed by atoms with van der Waals surface area (Å²) in [7, 11) is 1.70. The highest BCUT2D eigenvalue weighted by Gasteiger charge is 2.36. The van der Waals surface area contributed by atoms with Gasteiger partial charge < -0.3 is 4.74 Å². The van der Waals surface area contributed by atoms with E-state index < -0.39 is 0 Å². The lowest BCUT2D eigenvalue weighted by Crippen LogP contribution is -2.15. The van der Waals surface area contributed by atoms with Crippen molar-refractivity contribution >= 4 is 21.7 Å². The molecular formula is C18H25BrO2. The number of hydrogen-bond donors (Lipinski definition) is 0. The van der Waals surface area contributed by atoms with Gasteiger partial charge in [-0.2, -0.15) is 0 Å². The molecule has 0 saturated carbocycles. The van der Waals surface area contributed by atoms with Crippen molar-refractivity contribution in [2.45, 2.75) is 52.9 Å². The number of methoxy groups -OCH3 is 1. The molecule has 0 heterocycles. The molecule has 0 N–H and O–H groups in total. The second kappa shape index (κ2) is 5.75. The lowest BCUT2D eigenvalue weighted by atomic mass is 9.84. The predicted molar refractivity (Wildman–Crippen MR) is 90.4 cm³/mol. The van der Waals surface area contributed by atoms with Crippen molar-refractivity contribution in [3.05, 3.63) is 27.2 Å². The topological polar surface area (TPSA) is 26.3 Å². The summed E-state index contributed by atoms with van der Waals surface area (Å²) >= 11 is 3.68. The molecule has 0 bridgehead atoms. The number of fused-ring (bicyclic) bond motifs is 1. The van der Waals surface area contributed by atoms with Gasteiger partial charge in [0.15, 0.2) is 5.78 Å². The van der Waals surface area contributed by atoms with Crippen molar-refractivity contribution in [1.29, 1.82) is 0 Å². The minimum absolute atomic E-state index is 0.0562. The monoisotopic (exact) mass is 352 g/mol. The normalized spacial score (nSPS) is 18.3. The molecule has 0 aromatic heterocycles. The van der Waals surface area contributed by atoms with Crippen LogP contribution in [0.15, 0.2) is 10.5 Å². The van der Waals surface area contributed by atoms with Crippen molar-refractivity contribution in [2.75, 3.05) is 7.11 Å². The Morgan fingerprint density at radius 1 is 1.38 bits per heavy atom. The van der Waals surface area contributed by atoms with Gasteiger partial charge >= 0.3 is 0 Å². The van der Waals surface area contributed by atoms with Crippen LogP contribution in [0.25, 0.3) is 0 Å². The largest absolute Gasteiger partial charge is 0.495 e. The Labute approximate surface area is 136 Å². The zero-order chi connectivity index (χ0) is 15.9. The van der Waals surface area contributed by atoms with Crippen molar-refractivity contribution in [1.82, 2.24) is 0 Å². The SMILES string of the molecule is COc1c(C(C)(C)C)cc2c(c1Br)CC(CC(C)C)C2=O. The van der Waals surface area contributed by atoms with Crippen LogP contribution in [0.5, 0.6) is 5.75 Å². The van der Waals surface area contributed by atoms with Crippen molar-refractivity contribution < 1.29 is 9.53 Å². The van der Waals surface area contributed by atoms with Crippen molar-refractivity contribution in [3.8, 4) is 5.75 Å². The first-order valence-corrected chi connectivity index (χ1v) is 8.40. The molecule has 1 aromatic carbocycles. The van der Waals surface area contributed by atoms with E-state index in [2.05, 4.69) is 56.6 Å². The summed E-state index contributed by atoms with van der Waals surface area (Å²) in [6, 6.07) is 2.06. The fraction of sp³-hybridized carbons (Fsp3) is 0.611. The van der Waals surface area contributed by atoms with Crippen LogP contribution in [0.4, 0.5) is 0 Å². The first kappa shape index (κ1) is 16.5. The average Bonchev–Trinajstić information content (AvgIpc) is 2.65. The van der Waals surface area contributed by atoms with Crippen LogP contribution < -0.4 is 4.74 Å². The Bertz CT molecular complexity index is 568. The van der Waals surface area contributed by atoms with Crippen LogP contribution >= 0.6 is 15.9 Å². The summed E-state index contributed by atoms with van der Waals surface area (Å²) in [5.41, 5.74) is 3.04. The number of rotatable bonds is 3. The minimum Gasteiger partial charge on any atom is -0.495 e. The maximum Gasteiger partial charge on any atom is 0.166 e. The maximum atomic E-state index is 12.7. The molecule has 116 valence electrons. The number of hydrogen-bond acceptors (Lipinski definition) is 2. The highest BCUT2D eigenvalue weighted by atomic mass is 79.9. The third-order valence-corrected chi connectivity index (χ3v) is 5.02. The summed E-state index contributed by atoms with van der Waals surface area (Å²) in [6.07, 6.45) is 1.78. The molecular weight excluding hydrogens is 328 g/mol. The van der Waals surface area contributed by atoms with E-state index in [9.17, 15) is 4.79 Å². The van der Waals surface area contributed by atoms with E-state index in [1.807, 2.05) is 0 Å². The van der Waals surface area contributed by atoms with Gasteiger partial charge in [-0.1, -0.05) is 34.6 Å². The Kier molecular flexibility index (Phi) is 4.53. The Balaban J connectivity index is 2.55. The summed E-state index contributed by atoms with van der Waals surface area (Å²) in [5.74, 6) is 1.83. The third kappa shape index (κ3) is 3.03. The molecule has 2 rings (SSSR count). The zero-order valence-corrected chi connectivity index (χ0v) is 15.4. The highest BCUT2D eigenvalue weighted by molar-refractivity contribution is 9.10. The molecule has 0 radical (unpaired) electrons. The van der Waals surface area contributed by atoms with Crippen LogP contribution in [0, 0.1) is 11.8 Å². The standard InChI is InChI=1S/C18H25BrO2/c1-10(2)7-11-8-12-13(16(11)20)9-14(18(3,4)5)17(21-6)15(12)19/h9-11H,7-8H2,1-6H3. The molecule has 2 nitrogen and oxygen atoms in total. The van der Waals surface area contributed by atoms with E-state index >= 15 is 0 Å². The summed E-state index contributed by atoms with van der Waals surface area (Å²) in [5, 5.41) is 0. The lowest BCUT2D eigenvalue weighted by molar-refractivity contribution is 0.0922. The Morgan fingerprint density at radius 2 is 2.00 bits per heavy atom. The number of Topliss-reactive ketones (excluding diaryl/α,β-unsaturated/α-hetero) is 1. The van der Waals surface area contributed by atoms with Crippen LogP contribution in [0.3, 0.4) is 0 Å². The van der Waals surface area contributed by atoms with Gasteiger partial charge in [0.1, 0.15) is 5.75 Å². The van der Waals surface area contributed by atoms with E-state index in [0.29, 0.717) is 11.7 Å². The number of ether oxygens (including phenoxy) is 1. The second-order valence-electron chi connectivity index (χ2n) is 7.44. The van der Waals surface area contributed by atoms with Gasteiger partial charge in [-0.3, -0.25) is 4.79 Å². The molecule has 3 heteroatoms. The van der Waals surface area contributed by atoms with Gasteiger partial charge in [-0.15, -0.1) is 0 Å². The molecule has 21 heavy (non-hydrogen) atoms. The Morgan fingerprint density at radius 3 is 2.48 bits per heavy atom. The molecule has 0 saturated heterocycles. The van der Waals surface area contributed by atoms with Crippen LogP contribution in [0.2, 0.25) is 0 Å². The van der Waals surface area contributed by atoms with Gasteiger partial charge in [0, 0.05) is 17.0 Å². The van der Waals surface area contributed by atoms with E-state index in [1.54, 1.807) is 7.11 Å². The number of carbonyl (C=O) groups is 1. The fourth-order valence-electron chi connectivity index (χ4n) is 3.17. The van der Waals surface area contributed by atoms with Crippen molar-refractivity contribution in [3.63, 3.8) is 0 Å². The minimum atomic E-state index is -0.0562. The quantitative estimate of drug-likeness (QED) is 0.751. The average molecular weight is 353 g/mol. The number of halogens is 1. The number of benzene rings is 1. The van der Waals surface area contributed by atoms with Gasteiger partial charge in [-0.05, 0) is 51.7 Å². The second-order valence-corrected chi connectivity index (χ2v) is 8.24. The molecule has 1 aliphatic rings. The first-order chi connectivity index (χ1) is 9.66. The smallest absolute Gasteiger partial charge is 0.166 e. The highest BCUT2D eigenvalue weighted by Crippen LogP contribution is 2.45. The van der Waals surface area contributed by atoms with Crippen molar-refractivity contribution in [2.24, 2.45) is 11.8 Å². The van der Waals surface area contributed by atoms with Crippen LogP contribution in [0.1, 0.15) is 62.5 Å². The van der Waals surface area contributed by atoms with E-state index in [1.165, 1.54) is 0 Å². The summed E-state index contributed by atoms with van der Waals surface area (Å²) in [6.45, 7) is 10.8. The third-order valence-electron chi connectivity index (χ3n) is 4.18. The Hall–Kier alpha value is -0.830. The van der Waals surface area contributed by atoms with E-state index in [-0.39, 0.29) is 11.3 Å². The van der Waals surface area contributed by atoms with E-state index in [4.69, 9.17) is 4.74 Å². The van der Waals surface area contributed by atoms with Crippen LogP contribution in [-0.4, -0.2) is 12.9 Å². The number of ketones is 1. The molecule has 1 atom stereocenters. The number of carbonyl (C=O) groups excluding carboxylic acids is 1. The lowest BCUT2D eigenvalue weighted by Gasteiger charge is -2.24. The molecule has 0 spiro atoms. The molecule has 0 aliphatic heterocycles. The predicted octanol–water partition coefficient (Wildman–Crippen LogP) is 5.16. The molecule has 1 unspecified atom stereocenters. The molecule has 0 amide bonds.